The van der Waals surface area contributed by atoms with E-state index in [1.807, 2.05) is 0 Å². The smallest absolute Gasteiger partial charge is 0.389 e. The highest BCUT2D eigenvalue weighted by Crippen LogP contribution is 2.29. The summed E-state index contributed by atoms with van der Waals surface area (Å²) in [6.07, 6.45) is -6.20. The first-order valence-electron chi connectivity index (χ1n) is 7.20. The third kappa shape index (κ3) is 5.68. The number of rotatable bonds is 7. The maximum absolute atomic E-state index is 12.1. The van der Waals surface area contributed by atoms with Gasteiger partial charge in [-0.05, 0) is 24.6 Å². The van der Waals surface area contributed by atoms with Crippen molar-refractivity contribution in [1.29, 1.82) is 0 Å². The summed E-state index contributed by atoms with van der Waals surface area (Å²) in [5.74, 6) is 0.968. The number of ether oxygens (including phenoxy) is 1. The summed E-state index contributed by atoms with van der Waals surface area (Å²) in [4.78, 5) is 0. The molecule has 9 heteroatoms. The van der Waals surface area contributed by atoms with Crippen molar-refractivity contribution in [1.82, 2.24) is 10.2 Å². The lowest BCUT2D eigenvalue weighted by atomic mass is 10.1. The molecule has 0 radical (unpaired) electrons. The van der Waals surface area contributed by atoms with E-state index in [4.69, 9.17) is 20.8 Å². The van der Waals surface area contributed by atoms with E-state index in [0.29, 0.717) is 22.2 Å². The first-order valence-corrected chi connectivity index (χ1v) is 7.58. The Labute approximate surface area is 141 Å². The Hall–Kier alpha value is -1.80. The fraction of sp³-hybridized carbons (Fsp3) is 0.467. The van der Waals surface area contributed by atoms with Gasteiger partial charge in [0, 0.05) is 23.9 Å². The minimum absolute atomic E-state index is 0.0675. The lowest BCUT2D eigenvalue weighted by Gasteiger charge is -2.13. The molecule has 0 fully saturated rings. The molecular formula is C15H16ClF3N2O3. The average molecular weight is 365 g/mol. The van der Waals surface area contributed by atoms with Crippen LogP contribution in [0.2, 0.25) is 5.02 Å². The third-order valence-electron chi connectivity index (χ3n) is 3.14. The van der Waals surface area contributed by atoms with Gasteiger partial charge in [0.05, 0.1) is 19.1 Å². The molecule has 132 valence electrons. The van der Waals surface area contributed by atoms with Crippen LogP contribution in [-0.2, 0) is 6.42 Å². The van der Waals surface area contributed by atoms with Crippen molar-refractivity contribution in [2.45, 2.75) is 38.5 Å². The zero-order valence-electron chi connectivity index (χ0n) is 12.8. The number of hydrogen-bond acceptors (Lipinski definition) is 5. The second-order valence-electron chi connectivity index (χ2n) is 5.19. The Morgan fingerprint density at radius 3 is 2.71 bits per heavy atom. The van der Waals surface area contributed by atoms with Crippen molar-refractivity contribution in [3.8, 4) is 5.75 Å². The molecule has 0 amide bonds. The molecule has 0 aliphatic carbocycles. The van der Waals surface area contributed by atoms with E-state index in [9.17, 15) is 18.3 Å². The zero-order valence-corrected chi connectivity index (χ0v) is 13.6. The van der Waals surface area contributed by atoms with Crippen LogP contribution in [-0.4, -0.2) is 28.1 Å². The van der Waals surface area contributed by atoms with Crippen LogP contribution in [0.5, 0.6) is 5.75 Å². The van der Waals surface area contributed by atoms with Crippen LogP contribution < -0.4 is 4.74 Å². The van der Waals surface area contributed by atoms with Gasteiger partial charge in [0.25, 0.3) is 0 Å². The first-order chi connectivity index (χ1) is 11.2. The molecule has 1 heterocycles. The van der Waals surface area contributed by atoms with Crippen molar-refractivity contribution in [3.63, 3.8) is 0 Å². The number of aliphatic hydroxyl groups is 1. The van der Waals surface area contributed by atoms with E-state index in [2.05, 4.69) is 10.2 Å². The van der Waals surface area contributed by atoms with Gasteiger partial charge in [0.15, 0.2) is 0 Å². The molecule has 1 unspecified atom stereocenters. The summed E-state index contributed by atoms with van der Waals surface area (Å²) in [5, 5.41) is 18.0. The number of hydrogen-bond donors (Lipinski definition) is 1. The molecule has 2 rings (SSSR count). The van der Waals surface area contributed by atoms with Crippen molar-refractivity contribution < 1.29 is 27.4 Å². The second-order valence-corrected chi connectivity index (χ2v) is 5.59. The van der Waals surface area contributed by atoms with Gasteiger partial charge in [0.1, 0.15) is 5.75 Å². The summed E-state index contributed by atoms with van der Waals surface area (Å²) in [5.41, 5.74) is 0.376. The van der Waals surface area contributed by atoms with E-state index >= 15 is 0 Å². The van der Waals surface area contributed by atoms with Gasteiger partial charge in [-0.15, -0.1) is 10.2 Å². The van der Waals surface area contributed by atoms with Gasteiger partial charge < -0.3 is 14.3 Å². The Morgan fingerprint density at radius 2 is 2.08 bits per heavy atom. The van der Waals surface area contributed by atoms with Crippen molar-refractivity contribution >= 4 is 11.6 Å². The lowest BCUT2D eigenvalue weighted by Crippen LogP contribution is -2.10. The van der Waals surface area contributed by atoms with Crippen molar-refractivity contribution in [2.24, 2.45) is 0 Å². The Morgan fingerprint density at radius 1 is 1.33 bits per heavy atom. The highest BCUT2D eigenvalue weighted by atomic mass is 35.5. The number of halogens is 4. The van der Waals surface area contributed by atoms with Crippen molar-refractivity contribution in [3.05, 3.63) is 40.6 Å². The van der Waals surface area contributed by atoms with Crippen LogP contribution >= 0.6 is 11.6 Å². The predicted octanol–water partition coefficient (Wildman–Crippen LogP) is 4.03. The molecule has 1 aromatic heterocycles. The summed E-state index contributed by atoms with van der Waals surface area (Å²) in [6.45, 7) is 1.55. The average Bonchev–Trinajstić information content (AvgIpc) is 2.89. The van der Waals surface area contributed by atoms with Crippen LogP contribution in [0.1, 0.15) is 36.3 Å². The van der Waals surface area contributed by atoms with E-state index < -0.39 is 18.7 Å². The van der Waals surface area contributed by atoms with Gasteiger partial charge in [-0.3, -0.25) is 0 Å². The summed E-state index contributed by atoms with van der Waals surface area (Å²) in [6, 6.07) is 4.53. The molecule has 0 aliphatic heterocycles. The van der Waals surface area contributed by atoms with Gasteiger partial charge in [-0.25, -0.2) is 0 Å². The summed E-state index contributed by atoms with van der Waals surface area (Å²) < 4.78 is 46.7. The maximum Gasteiger partial charge on any atom is 0.389 e. The summed E-state index contributed by atoms with van der Waals surface area (Å²) in [7, 11) is 0. The van der Waals surface area contributed by atoms with Gasteiger partial charge >= 0.3 is 6.18 Å². The monoisotopic (exact) mass is 364 g/mol. The number of nitrogens with zero attached hydrogens (tertiary/aromatic N) is 2. The molecule has 0 spiro atoms. The fourth-order valence-corrected chi connectivity index (χ4v) is 2.27. The third-order valence-corrected chi connectivity index (χ3v) is 3.48. The quantitative estimate of drug-likeness (QED) is 0.751. The SMILES string of the molecule is Cc1nnc(CC(O)c2cc(OCCCC(F)(F)F)ccc2Cl)o1. The molecule has 2 aromatic rings. The largest absolute Gasteiger partial charge is 0.494 e. The van der Waals surface area contributed by atoms with Crippen LogP contribution in [0.3, 0.4) is 0 Å². The second kappa shape index (κ2) is 7.85. The molecule has 1 aromatic carbocycles. The van der Waals surface area contributed by atoms with Crippen LogP contribution in [0.15, 0.2) is 22.6 Å². The standard InChI is InChI=1S/C15H16ClF3N2O3/c1-9-20-21-14(24-9)8-13(22)11-7-10(3-4-12(11)16)23-6-2-5-15(17,18)19/h3-4,7,13,22H,2,5-6,8H2,1H3. The molecule has 0 bridgehead atoms. The molecular weight excluding hydrogens is 349 g/mol. The topological polar surface area (TPSA) is 68.4 Å². The van der Waals surface area contributed by atoms with Crippen LogP contribution in [0.4, 0.5) is 13.2 Å². The van der Waals surface area contributed by atoms with Gasteiger partial charge in [-0.2, -0.15) is 13.2 Å². The lowest BCUT2D eigenvalue weighted by molar-refractivity contribution is -0.136. The van der Waals surface area contributed by atoms with Crippen LogP contribution in [0.25, 0.3) is 0 Å². The Bertz CT molecular complexity index is 676. The zero-order chi connectivity index (χ0) is 17.7. The molecule has 1 atom stereocenters. The number of aryl methyl sites for hydroxylation is 1. The fourth-order valence-electron chi connectivity index (χ4n) is 2.02. The normalized spacial score (nSPS) is 13.1. The number of alkyl halides is 3. The number of benzene rings is 1. The minimum atomic E-state index is -4.20. The van der Waals surface area contributed by atoms with E-state index in [0.717, 1.165) is 0 Å². The molecule has 1 N–H and O–H groups in total. The van der Waals surface area contributed by atoms with E-state index in [1.54, 1.807) is 6.92 Å². The van der Waals surface area contributed by atoms with Crippen LogP contribution in [0, 0.1) is 6.92 Å². The van der Waals surface area contributed by atoms with Crippen molar-refractivity contribution in [2.75, 3.05) is 6.61 Å². The molecule has 0 saturated heterocycles. The molecule has 0 saturated carbocycles. The van der Waals surface area contributed by atoms with E-state index in [-0.39, 0.29) is 25.3 Å². The minimum Gasteiger partial charge on any atom is -0.494 e. The number of aliphatic hydroxyl groups excluding tert-OH is 1. The van der Waals surface area contributed by atoms with Gasteiger partial charge in [0.2, 0.25) is 11.8 Å². The molecule has 5 nitrogen and oxygen atoms in total. The predicted molar refractivity (Wildman–Crippen MR) is 79.9 cm³/mol. The molecule has 0 aliphatic rings. The first kappa shape index (κ1) is 18.5. The highest BCUT2D eigenvalue weighted by molar-refractivity contribution is 6.31. The molecule has 24 heavy (non-hydrogen) atoms. The van der Waals surface area contributed by atoms with E-state index in [1.165, 1.54) is 18.2 Å². The Kier molecular flexibility index (Phi) is 6.06. The Balaban J connectivity index is 1.97. The van der Waals surface area contributed by atoms with Gasteiger partial charge in [-0.1, -0.05) is 11.6 Å². The summed E-state index contributed by atoms with van der Waals surface area (Å²) >= 11 is 6.05. The number of aromatic nitrogens is 2. The highest BCUT2D eigenvalue weighted by Gasteiger charge is 2.26. The maximum atomic E-state index is 12.1.